The molecular weight excluding hydrogens is 322 g/mol. The van der Waals surface area contributed by atoms with E-state index in [1.54, 1.807) is 6.33 Å². The summed E-state index contributed by atoms with van der Waals surface area (Å²) in [6.45, 7) is 5.07. The summed E-state index contributed by atoms with van der Waals surface area (Å²) in [7, 11) is 1.50. The molecule has 2 aromatic rings. The van der Waals surface area contributed by atoms with Crippen LogP contribution in [0.3, 0.4) is 0 Å². The molecule has 0 aliphatic carbocycles. The fourth-order valence-corrected chi connectivity index (χ4v) is 3.47. The molecular formula is C16H21N7O2. The summed E-state index contributed by atoms with van der Waals surface area (Å²) in [5, 5.41) is 2.90. The number of aryl methyl sites for hydroxylation is 1. The van der Waals surface area contributed by atoms with Gasteiger partial charge in [0.05, 0.1) is 18.1 Å². The molecule has 9 nitrogen and oxygen atoms in total. The molecule has 0 radical (unpaired) electrons. The number of piperazine rings is 1. The minimum atomic E-state index is -0.331. The van der Waals surface area contributed by atoms with Gasteiger partial charge in [-0.3, -0.25) is 14.6 Å². The second kappa shape index (κ2) is 5.99. The van der Waals surface area contributed by atoms with E-state index in [0.717, 1.165) is 53.6 Å². The average molecular weight is 343 g/mol. The van der Waals surface area contributed by atoms with Crippen molar-refractivity contribution in [1.82, 2.24) is 30.1 Å². The maximum atomic E-state index is 11.9. The molecule has 0 aromatic carbocycles. The molecule has 1 unspecified atom stereocenters. The number of carbonyl (C=O) groups is 2. The van der Waals surface area contributed by atoms with Crippen molar-refractivity contribution < 1.29 is 9.59 Å². The summed E-state index contributed by atoms with van der Waals surface area (Å²) in [6.07, 6.45) is 1.68. The Morgan fingerprint density at radius 2 is 1.92 bits per heavy atom. The van der Waals surface area contributed by atoms with Crippen molar-refractivity contribution in [2.24, 2.45) is 0 Å². The number of fused-ring (bicyclic) bond motifs is 1. The van der Waals surface area contributed by atoms with Crippen molar-refractivity contribution in [3.63, 3.8) is 0 Å². The summed E-state index contributed by atoms with van der Waals surface area (Å²) < 4.78 is 0. The largest absolute Gasteiger partial charge is 0.354 e. The summed E-state index contributed by atoms with van der Waals surface area (Å²) in [5.74, 6) is 0.761. The van der Waals surface area contributed by atoms with Crippen LogP contribution >= 0.6 is 0 Å². The zero-order valence-corrected chi connectivity index (χ0v) is 14.3. The summed E-state index contributed by atoms with van der Waals surface area (Å²) in [5.41, 5.74) is 2.93. The van der Waals surface area contributed by atoms with Gasteiger partial charge in [-0.1, -0.05) is 0 Å². The van der Waals surface area contributed by atoms with Crippen LogP contribution in [-0.2, 0) is 4.79 Å². The van der Waals surface area contributed by atoms with Crippen LogP contribution in [-0.4, -0.2) is 76.1 Å². The van der Waals surface area contributed by atoms with Gasteiger partial charge < -0.3 is 15.2 Å². The highest BCUT2D eigenvalue weighted by molar-refractivity contribution is 5.96. The lowest BCUT2D eigenvalue weighted by atomic mass is 10.2. The van der Waals surface area contributed by atoms with Crippen LogP contribution in [0.2, 0.25) is 0 Å². The average Bonchev–Trinajstić information content (AvgIpc) is 2.99. The van der Waals surface area contributed by atoms with Crippen LogP contribution in [0.25, 0.3) is 11.0 Å². The van der Waals surface area contributed by atoms with Crippen molar-refractivity contribution in [2.45, 2.75) is 19.5 Å². The van der Waals surface area contributed by atoms with Crippen molar-refractivity contribution in [2.75, 3.05) is 38.1 Å². The Morgan fingerprint density at radius 3 is 2.64 bits per heavy atom. The van der Waals surface area contributed by atoms with Gasteiger partial charge in [-0.2, -0.15) is 0 Å². The van der Waals surface area contributed by atoms with E-state index in [-0.39, 0.29) is 18.1 Å². The van der Waals surface area contributed by atoms with Crippen molar-refractivity contribution >= 4 is 28.8 Å². The highest BCUT2D eigenvalue weighted by Gasteiger charge is 2.34. The van der Waals surface area contributed by atoms with Crippen LogP contribution in [0.15, 0.2) is 12.4 Å². The first-order valence-electron chi connectivity index (χ1n) is 8.39. The lowest BCUT2D eigenvalue weighted by molar-refractivity contribution is -0.130. The van der Waals surface area contributed by atoms with Gasteiger partial charge >= 0.3 is 6.03 Å². The minimum Gasteiger partial charge on any atom is -0.354 e. The molecule has 2 fully saturated rings. The first-order valence-corrected chi connectivity index (χ1v) is 8.39. The van der Waals surface area contributed by atoms with Gasteiger partial charge in [0.1, 0.15) is 11.8 Å². The number of aromatic nitrogens is 3. The smallest absolute Gasteiger partial charge is 0.325 e. The normalized spacial score (nSPS) is 22.6. The lowest BCUT2D eigenvalue weighted by Gasteiger charge is -2.41. The number of H-pyrrole nitrogens is 1. The van der Waals surface area contributed by atoms with Gasteiger partial charge in [0.2, 0.25) is 5.91 Å². The maximum absolute atomic E-state index is 11.9. The quantitative estimate of drug-likeness (QED) is 0.813. The molecule has 3 amide bonds. The summed E-state index contributed by atoms with van der Waals surface area (Å²) in [4.78, 5) is 41.3. The number of nitrogens with zero attached hydrogens (tertiary/aromatic N) is 5. The van der Waals surface area contributed by atoms with Gasteiger partial charge in [-0.25, -0.2) is 14.8 Å². The lowest BCUT2D eigenvalue weighted by Crippen LogP contribution is -2.62. The number of amides is 3. The van der Waals surface area contributed by atoms with Crippen LogP contribution < -0.4 is 10.2 Å². The van der Waals surface area contributed by atoms with Crippen LogP contribution in [0.5, 0.6) is 0 Å². The van der Waals surface area contributed by atoms with E-state index in [4.69, 9.17) is 0 Å². The number of hydrogen-bond acceptors (Lipinski definition) is 6. The fourth-order valence-electron chi connectivity index (χ4n) is 3.47. The first kappa shape index (κ1) is 15.8. The molecule has 2 aliphatic rings. The Balaban J connectivity index is 1.46. The molecule has 132 valence electrons. The van der Waals surface area contributed by atoms with Crippen molar-refractivity contribution in [3.05, 3.63) is 18.1 Å². The molecule has 1 atom stereocenters. The van der Waals surface area contributed by atoms with Crippen LogP contribution in [0, 0.1) is 6.92 Å². The molecule has 4 heterocycles. The summed E-state index contributed by atoms with van der Waals surface area (Å²) >= 11 is 0. The number of aromatic amines is 1. The number of imide groups is 1. The van der Waals surface area contributed by atoms with E-state index in [1.165, 1.54) is 7.05 Å². The monoisotopic (exact) mass is 343 g/mol. The number of carbonyl (C=O) groups excluding carboxylic acids is 2. The predicted molar refractivity (Wildman–Crippen MR) is 92.1 cm³/mol. The molecule has 9 heteroatoms. The van der Waals surface area contributed by atoms with E-state index in [1.807, 2.05) is 13.0 Å². The molecule has 2 saturated heterocycles. The van der Waals surface area contributed by atoms with E-state index < -0.39 is 0 Å². The van der Waals surface area contributed by atoms with E-state index in [2.05, 4.69) is 30.1 Å². The molecule has 0 bridgehead atoms. The standard InChI is InChI=1S/C16H21N7O2/c1-10-7-11-14(19-10)15(18-9-17-11)23-5-3-22(4-6-23)12-8-13(24)21(2)16(25)20-12/h7,9,12,19H,3-6,8H2,1-2H3,(H,20,25). The Kier molecular flexibility index (Phi) is 3.79. The van der Waals surface area contributed by atoms with Gasteiger partial charge in [-0.05, 0) is 13.0 Å². The van der Waals surface area contributed by atoms with Crippen molar-refractivity contribution in [1.29, 1.82) is 0 Å². The molecule has 0 saturated carbocycles. The predicted octanol–water partition coefficient (Wildman–Crippen LogP) is 0.286. The topological polar surface area (TPSA) is 97.5 Å². The maximum Gasteiger partial charge on any atom is 0.325 e. The van der Waals surface area contributed by atoms with Crippen molar-refractivity contribution in [3.8, 4) is 0 Å². The molecule has 2 aromatic heterocycles. The molecule has 25 heavy (non-hydrogen) atoms. The zero-order chi connectivity index (χ0) is 17.6. The summed E-state index contributed by atoms with van der Waals surface area (Å²) in [6, 6.07) is 1.68. The third kappa shape index (κ3) is 2.80. The third-order valence-corrected chi connectivity index (χ3v) is 4.92. The Bertz CT molecular complexity index is 807. The molecule has 2 N–H and O–H groups in total. The zero-order valence-electron chi connectivity index (χ0n) is 14.3. The minimum absolute atomic E-state index is 0.143. The Labute approximate surface area is 145 Å². The number of nitrogens with one attached hydrogen (secondary N) is 2. The molecule has 2 aliphatic heterocycles. The molecule has 4 rings (SSSR count). The van der Waals surface area contributed by atoms with Gasteiger partial charge in [-0.15, -0.1) is 0 Å². The SMILES string of the molecule is Cc1cc2ncnc(N3CCN(C4CC(=O)N(C)C(=O)N4)CC3)c2[nH]1. The number of hydrogen-bond donors (Lipinski definition) is 2. The highest BCUT2D eigenvalue weighted by atomic mass is 16.2. The second-order valence-corrected chi connectivity index (χ2v) is 6.56. The van der Waals surface area contributed by atoms with Gasteiger partial charge in [0.15, 0.2) is 5.82 Å². The van der Waals surface area contributed by atoms with E-state index in [0.29, 0.717) is 6.42 Å². The number of rotatable bonds is 2. The van der Waals surface area contributed by atoms with Crippen LogP contribution in [0.1, 0.15) is 12.1 Å². The molecule has 0 spiro atoms. The van der Waals surface area contributed by atoms with Gasteiger partial charge in [0.25, 0.3) is 0 Å². The van der Waals surface area contributed by atoms with Crippen LogP contribution in [0.4, 0.5) is 10.6 Å². The fraction of sp³-hybridized carbons (Fsp3) is 0.500. The van der Waals surface area contributed by atoms with E-state index >= 15 is 0 Å². The van der Waals surface area contributed by atoms with E-state index in [9.17, 15) is 9.59 Å². The third-order valence-electron chi connectivity index (χ3n) is 4.92. The highest BCUT2D eigenvalue weighted by Crippen LogP contribution is 2.24. The Morgan fingerprint density at radius 1 is 1.16 bits per heavy atom. The first-order chi connectivity index (χ1) is 12.0. The second-order valence-electron chi connectivity index (χ2n) is 6.56. The van der Waals surface area contributed by atoms with Gasteiger partial charge in [0, 0.05) is 38.9 Å². The number of urea groups is 1. The number of anilines is 1. The Hall–Kier alpha value is -2.68.